The minimum absolute atomic E-state index is 0. The van der Waals surface area contributed by atoms with Gasteiger partial charge < -0.3 is 43.4 Å². The van der Waals surface area contributed by atoms with E-state index in [0.29, 0.717) is 28.2 Å². The Balaban J connectivity index is 0. The summed E-state index contributed by atoms with van der Waals surface area (Å²) in [6, 6.07) is 15.9. The number of nitrogens with two attached hydrogens (primary N) is 4. The van der Waals surface area contributed by atoms with Crippen LogP contribution in [0, 0.1) is 37.8 Å². The lowest BCUT2D eigenvalue weighted by Gasteiger charge is -2.05. The SMILES string of the molecule is Br.CO.Cc1cc(Br)cc(C(=O)O)c1N.Cc1cc(Br)cc(C(N)=O)c1N.Cc1cccc(C(=O)O)c1N.Cc1cccc(C(=O)O)c1[N+](=O)[O-]. The van der Waals surface area contributed by atoms with Crippen LogP contribution in [-0.4, -0.2) is 56.3 Å². The maximum atomic E-state index is 10.8. The molecule has 0 saturated heterocycles. The molecule has 4 aromatic rings. The van der Waals surface area contributed by atoms with Gasteiger partial charge in [-0.25, -0.2) is 14.4 Å². The first-order valence-corrected chi connectivity index (χ1v) is 15.4. The minimum atomic E-state index is -1.28. The minimum Gasteiger partial charge on any atom is -0.478 e. The third-order valence-electron chi connectivity index (χ3n) is 6.40. The fraction of sp³-hybridized carbons (Fsp3) is 0.152. The molecule has 12 N–H and O–H groups in total. The molecule has 18 heteroatoms. The summed E-state index contributed by atoms with van der Waals surface area (Å²) in [5.74, 6) is -3.77. The number of hydrogen-bond donors (Lipinski definition) is 8. The van der Waals surface area contributed by atoms with E-state index in [1.165, 1.54) is 37.3 Å². The fourth-order valence-electron chi connectivity index (χ4n) is 3.83. The van der Waals surface area contributed by atoms with Crippen molar-refractivity contribution in [2.24, 2.45) is 5.73 Å². The summed E-state index contributed by atoms with van der Waals surface area (Å²) < 4.78 is 1.54. The van der Waals surface area contributed by atoms with Crippen molar-refractivity contribution in [1.82, 2.24) is 0 Å². The lowest BCUT2D eigenvalue weighted by Crippen LogP contribution is -2.14. The van der Waals surface area contributed by atoms with Crippen LogP contribution in [0.2, 0.25) is 0 Å². The number of aliphatic hydroxyl groups excluding tert-OH is 1. The van der Waals surface area contributed by atoms with E-state index in [9.17, 15) is 29.3 Å². The van der Waals surface area contributed by atoms with Crippen LogP contribution in [0.15, 0.2) is 69.6 Å². The van der Waals surface area contributed by atoms with Crippen LogP contribution < -0.4 is 22.9 Å². The molecular weight excluding hydrogens is 866 g/mol. The molecule has 276 valence electrons. The number of carbonyl (C=O) groups excluding carboxylic acids is 1. The number of nitro benzene ring substituents is 1. The van der Waals surface area contributed by atoms with Crippen LogP contribution in [0.1, 0.15) is 63.7 Å². The van der Waals surface area contributed by atoms with Crippen LogP contribution in [0.4, 0.5) is 22.7 Å². The van der Waals surface area contributed by atoms with E-state index >= 15 is 0 Å². The van der Waals surface area contributed by atoms with Crippen LogP contribution in [0.25, 0.3) is 0 Å². The number of carbonyl (C=O) groups is 4. The van der Waals surface area contributed by atoms with Gasteiger partial charge in [0.1, 0.15) is 5.56 Å². The molecule has 0 radical (unpaired) electrons. The third kappa shape index (κ3) is 14.8. The number of nitro groups is 1. The Morgan fingerprint density at radius 2 is 0.961 bits per heavy atom. The monoisotopic (exact) mass is 901 g/mol. The van der Waals surface area contributed by atoms with Crippen molar-refractivity contribution in [2.45, 2.75) is 27.7 Å². The van der Waals surface area contributed by atoms with Crippen LogP contribution >= 0.6 is 48.8 Å². The Morgan fingerprint density at radius 1 is 0.608 bits per heavy atom. The molecule has 0 saturated carbocycles. The quantitative estimate of drug-likeness (QED) is 0.0600. The number of rotatable bonds is 5. The highest BCUT2D eigenvalue weighted by Crippen LogP contribution is 2.24. The summed E-state index contributed by atoms with van der Waals surface area (Å²) in [5.41, 5.74) is 25.7. The normalized spacial score (nSPS) is 9.25. The lowest BCUT2D eigenvalue weighted by molar-refractivity contribution is -0.385. The standard InChI is InChI=1S/C8H9BrN2O.C8H8BrNO2.C8H7NO4.C8H9NO2.CH4O.BrH/c2*1-4-2-5(9)3-6(7(4)10)8(11)12;1-5-3-2-4-6(8(10)11)7(5)9(12)13;1-5-3-2-4-6(7(5)9)8(10)11;1-2;/h2-3H,10H2,1H3,(H2,11,12);2-3H,10H2,1H3,(H,11,12);2-4H,1H3,(H,10,11);2-4H,9H2,1H3,(H,10,11);2H,1H3;1H. The third-order valence-corrected chi connectivity index (χ3v) is 7.32. The summed E-state index contributed by atoms with van der Waals surface area (Å²) in [7, 11) is 1.00. The molecule has 0 atom stereocenters. The molecule has 4 aromatic carbocycles. The zero-order valence-corrected chi connectivity index (χ0v) is 32.8. The van der Waals surface area contributed by atoms with E-state index in [1.807, 2.05) is 13.0 Å². The molecule has 51 heavy (non-hydrogen) atoms. The second kappa shape index (κ2) is 22.6. The van der Waals surface area contributed by atoms with Crippen molar-refractivity contribution in [1.29, 1.82) is 0 Å². The van der Waals surface area contributed by atoms with Crippen LogP contribution in [0.5, 0.6) is 0 Å². The van der Waals surface area contributed by atoms with E-state index in [4.69, 9.17) is 43.4 Å². The highest BCUT2D eigenvalue weighted by molar-refractivity contribution is 9.10. The zero-order valence-electron chi connectivity index (χ0n) is 27.9. The van der Waals surface area contributed by atoms with Gasteiger partial charge in [0.25, 0.3) is 11.6 Å². The number of aryl methyl sites for hydroxylation is 4. The van der Waals surface area contributed by atoms with Gasteiger partial charge in [0.05, 0.1) is 21.6 Å². The molecule has 15 nitrogen and oxygen atoms in total. The number of carboxylic acids is 3. The lowest BCUT2D eigenvalue weighted by atomic mass is 10.1. The molecule has 1 amide bonds. The number of aromatic carboxylic acids is 3. The maximum Gasteiger partial charge on any atom is 0.342 e. The van der Waals surface area contributed by atoms with E-state index < -0.39 is 28.7 Å². The Morgan fingerprint density at radius 3 is 1.31 bits per heavy atom. The summed E-state index contributed by atoms with van der Waals surface area (Å²) in [4.78, 5) is 52.3. The Bertz CT molecular complexity index is 1820. The van der Waals surface area contributed by atoms with Crippen molar-refractivity contribution in [2.75, 3.05) is 24.3 Å². The first kappa shape index (κ1) is 48.1. The van der Waals surface area contributed by atoms with Gasteiger partial charge in [-0.2, -0.15) is 0 Å². The maximum absolute atomic E-state index is 10.8. The molecule has 0 fully saturated rings. The Kier molecular flexibility index (Phi) is 21.3. The summed E-state index contributed by atoms with van der Waals surface area (Å²) >= 11 is 6.45. The van der Waals surface area contributed by atoms with E-state index in [2.05, 4.69) is 31.9 Å². The van der Waals surface area contributed by atoms with Gasteiger partial charge in [-0.05, 0) is 80.8 Å². The second-order valence-corrected chi connectivity index (χ2v) is 11.7. The molecule has 0 bridgehead atoms. The number of benzene rings is 4. The first-order valence-electron chi connectivity index (χ1n) is 13.9. The van der Waals surface area contributed by atoms with E-state index in [0.717, 1.165) is 32.7 Å². The number of primary amides is 1. The van der Waals surface area contributed by atoms with Gasteiger partial charge in [0.2, 0.25) is 0 Å². The summed E-state index contributed by atoms with van der Waals surface area (Å²) in [6.07, 6.45) is 0. The number of nitrogens with zero attached hydrogens (tertiary/aromatic N) is 1. The zero-order chi connectivity index (χ0) is 39.0. The number of halogens is 3. The predicted octanol–water partition coefficient (Wildman–Crippen LogP) is 6.54. The number of hydrogen-bond acceptors (Lipinski definition) is 10. The molecule has 0 aliphatic heterocycles. The molecule has 0 spiro atoms. The number of carboxylic acid groups (broad SMARTS) is 3. The predicted molar refractivity (Wildman–Crippen MR) is 208 cm³/mol. The molecule has 0 heterocycles. The van der Waals surface area contributed by atoms with Crippen LogP contribution in [0.3, 0.4) is 0 Å². The molecule has 0 aromatic heterocycles. The number of aliphatic hydroxyl groups is 1. The number of nitrogen functional groups attached to an aromatic ring is 3. The molecule has 4 rings (SSSR count). The van der Waals surface area contributed by atoms with Crippen molar-refractivity contribution >= 4 is 95.4 Å². The Labute approximate surface area is 320 Å². The second-order valence-electron chi connectivity index (χ2n) is 9.91. The average molecular weight is 904 g/mol. The highest BCUT2D eigenvalue weighted by Gasteiger charge is 2.21. The number of amides is 1. The molecular formula is C33H38Br3N5O10. The fourth-order valence-corrected chi connectivity index (χ4v) is 4.98. The molecule has 0 unspecified atom stereocenters. The summed E-state index contributed by atoms with van der Waals surface area (Å²) in [5, 5.41) is 43.4. The first-order chi connectivity index (χ1) is 23.2. The van der Waals surface area contributed by atoms with Crippen molar-refractivity contribution in [3.8, 4) is 0 Å². The smallest absolute Gasteiger partial charge is 0.342 e. The van der Waals surface area contributed by atoms with Crippen molar-refractivity contribution in [3.05, 3.63) is 124 Å². The van der Waals surface area contributed by atoms with Gasteiger partial charge in [-0.3, -0.25) is 14.9 Å². The van der Waals surface area contributed by atoms with Crippen molar-refractivity contribution < 1.29 is 44.5 Å². The van der Waals surface area contributed by atoms with E-state index in [-0.39, 0.29) is 39.4 Å². The average Bonchev–Trinajstić information content (AvgIpc) is 3.03. The van der Waals surface area contributed by atoms with Gasteiger partial charge >= 0.3 is 17.9 Å². The van der Waals surface area contributed by atoms with Gasteiger partial charge in [-0.1, -0.05) is 56.1 Å². The van der Waals surface area contributed by atoms with E-state index in [1.54, 1.807) is 38.1 Å². The van der Waals surface area contributed by atoms with Crippen molar-refractivity contribution in [3.63, 3.8) is 0 Å². The van der Waals surface area contributed by atoms with Gasteiger partial charge in [0.15, 0.2) is 0 Å². The molecule has 0 aliphatic carbocycles. The Hall–Kier alpha value is -5.04. The number of anilines is 3. The summed E-state index contributed by atoms with van der Waals surface area (Å²) in [6.45, 7) is 6.88. The van der Waals surface area contributed by atoms with Gasteiger partial charge in [0, 0.05) is 38.7 Å². The largest absolute Gasteiger partial charge is 0.478 e. The number of para-hydroxylation sites is 2. The highest BCUT2D eigenvalue weighted by atomic mass is 79.9. The topological polar surface area (TPSA) is 296 Å². The van der Waals surface area contributed by atoms with Crippen LogP contribution in [-0.2, 0) is 0 Å². The molecule has 0 aliphatic rings. The van der Waals surface area contributed by atoms with Gasteiger partial charge in [-0.15, -0.1) is 17.0 Å².